The van der Waals surface area contributed by atoms with Gasteiger partial charge in [-0.2, -0.15) is 0 Å². The molecule has 0 aliphatic rings. The highest BCUT2D eigenvalue weighted by atomic mass is 16.3. The van der Waals surface area contributed by atoms with Crippen LogP contribution in [-0.2, 0) is 13.2 Å². The molecule has 2 heteroatoms. The van der Waals surface area contributed by atoms with Gasteiger partial charge in [0.2, 0.25) is 0 Å². The molecular formula is C16H14O2. The zero-order valence-corrected chi connectivity index (χ0v) is 9.93. The fraction of sp³-hybridized carbons (Fsp3) is 0.125. The SMILES string of the molecule is OCc1cccc2c1ccc1cccc(CO)c12. The molecule has 0 unspecified atom stereocenters. The molecule has 90 valence electrons. The average Bonchev–Trinajstić information content (AvgIpc) is 2.45. The van der Waals surface area contributed by atoms with E-state index < -0.39 is 0 Å². The summed E-state index contributed by atoms with van der Waals surface area (Å²) in [6, 6.07) is 15.9. The molecule has 0 aromatic heterocycles. The average molecular weight is 238 g/mol. The molecule has 3 rings (SSSR count). The van der Waals surface area contributed by atoms with E-state index in [2.05, 4.69) is 0 Å². The Morgan fingerprint density at radius 3 is 2.17 bits per heavy atom. The van der Waals surface area contributed by atoms with E-state index in [-0.39, 0.29) is 13.2 Å². The standard InChI is InChI=1S/C16H14O2/c17-9-12-4-2-6-15-14(12)8-7-11-3-1-5-13(10-18)16(11)15/h1-8,17-18H,9-10H2. The van der Waals surface area contributed by atoms with Crippen molar-refractivity contribution in [2.45, 2.75) is 13.2 Å². The zero-order chi connectivity index (χ0) is 12.5. The van der Waals surface area contributed by atoms with Gasteiger partial charge in [-0.15, -0.1) is 0 Å². The van der Waals surface area contributed by atoms with Crippen LogP contribution in [0, 0.1) is 0 Å². The lowest BCUT2D eigenvalue weighted by Gasteiger charge is -2.10. The van der Waals surface area contributed by atoms with Crippen LogP contribution in [0.5, 0.6) is 0 Å². The molecular weight excluding hydrogens is 224 g/mol. The summed E-state index contributed by atoms with van der Waals surface area (Å²) < 4.78 is 0. The van der Waals surface area contributed by atoms with Crippen LogP contribution >= 0.6 is 0 Å². The molecule has 3 aromatic rings. The van der Waals surface area contributed by atoms with Crippen LogP contribution in [0.15, 0.2) is 48.5 Å². The number of aliphatic hydroxyl groups is 2. The lowest BCUT2D eigenvalue weighted by Crippen LogP contribution is -1.90. The molecule has 3 aromatic carbocycles. The van der Waals surface area contributed by atoms with Gasteiger partial charge < -0.3 is 10.2 Å². The maximum absolute atomic E-state index is 9.47. The predicted molar refractivity (Wildman–Crippen MR) is 73.3 cm³/mol. The predicted octanol–water partition coefficient (Wildman–Crippen LogP) is 2.98. The monoisotopic (exact) mass is 238 g/mol. The summed E-state index contributed by atoms with van der Waals surface area (Å²) in [6.45, 7) is 0.0595. The van der Waals surface area contributed by atoms with Crippen molar-refractivity contribution in [3.8, 4) is 0 Å². The Morgan fingerprint density at radius 2 is 1.39 bits per heavy atom. The maximum Gasteiger partial charge on any atom is 0.0688 e. The summed E-state index contributed by atoms with van der Waals surface area (Å²) in [5.74, 6) is 0. The molecule has 0 heterocycles. The van der Waals surface area contributed by atoms with Crippen LogP contribution in [0.1, 0.15) is 11.1 Å². The van der Waals surface area contributed by atoms with E-state index >= 15 is 0 Å². The number of hydrogen-bond donors (Lipinski definition) is 2. The van der Waals surface area contributed by atoms with E-state index in [1.54, 1.807) is 0 Å². The van der Waals surface area contributed by atoms with Crippen molar-refractivity contribution < 1.29 is 10.2 Å². The fourth-order valence-electron chi connectivity index (χ4n) is 2.56. The molecule has 0 bridgehead atoms. The molecule has 0 aliphatic carbocycles. The van der Waals surface area contributed by atoms with Crippen LogP contribution in [0.2, 0.25) is 0 Å². The third-order valence-electron chi connectivity index (χ3n) is 3.42. The Bertz CT molecular complexity index is 717. The molecule has 0 fully saturated rings. The molecule has 0 atom stereocenters. The van der Waals surface area contributed by atoms with E-state index in [1.807, 2.05) is 48.5 Å². The second kappa shape index (κ2) is 4.41. The minimum atomic E-state index is 0.0276. The van der Waals surface area contributed by atoms with Gasteiger partial charge in [-0.3, -0.25) is 0 Å². The topological polar surface area (TPSA) is 40.5 Å². The summed E-state index contributed by atoms with van der Waals surface area (Å²) in [4.78, 5) is 0. The van der Waals surface area contributed by atoms with E-state index in [4.69, 9.17) is 0 Å². The number of benzene rings is 3. The largest absolute Gasteiger partial charge is 0.392 e. The van der Waals surface area contributed by atoms with Gasteiger partial charge in [-0.1, -0.05) is 48.5 Å². The molecule has 0 amide bonds. The Morgan fingerprint density at radius 1 is 0.667 bits per heavy atom. The lowest BCUT2D eigenvalue weighted by molar-refractivity contribution is 0.283. The molecule has 0 spiro atoms. The summed E-state index contributed by atoms with van der Waals surface area (Å²) in [7, 11) is 0. The van der Waals surface area contributed by atoms with Gasteiger partial charge in [0, 0.05) is 0 Å². The highest BCUT2D eigenvalue weighted by Crippen LogP contribution is 2.30. The van der Waals surface area contributed by atoms with Gasteiger partial charge in [-0.25, -0.2) is 0 Å². The number of fused-ring (bicyclic) bond motifs is 3. The summed E-state index contributed by atoms with van der Waals surface area (Å²) in [6.07, 6.45) is 0. The van der Waals surface area contributed by atoms with Gasteiger partial charge in [-0.05, 0) is 32.7 Å². The minimum absolute atomic E-state index is 0.0276. The second-order valence-electron chi connectivity index (χ2n) is 4.41. The Kier molecular flexibility index (Phi) is 2.74. The molecule has 2 N–H and O–H groups in total. The Hall–Kier alpha value is -1.90. The van der Waals surface area contributed by atoms with Crippen molar-refractivity contribution in [2.75, 3.05) is 0 Å². The van der Waals surface area contributed by atoms with Crippen molar-refractivity contribution in [1.29, 1.82) is 0 Å². The van der Waals surface area contributed by atoms with Crippen molar-refractivity contribution in [2.24, 2.45) is 0 Å². The van der Waals surface area contributed by atoms with Gasteiger partial charge in [0.25, 0.3) is 0 Å². The van der Waals surface area contributed by atoms with Crippen LogP contribution in [-0.4, -0.2) is 10.2 Å². The number of rotatable bonds is 2. The number of hydrogen-bond acceptors (Lipinski definition) is 2. The molecule has 0 aliphatic heterocycles. The molecule has 0 saturated carbocycles. The molecule has 0 radical (unpaired) electrons. The van der Waals surface area contributed by atoms with E-state index in [1.165, 1.54) is 0 Å². The van der Waals surface area contributed by atoms with Crippen molar-refractivity contribution >= 4 is 21.5 Å². The van der Waals surface area contributed by atoms with Crippen molar-refractivity contribution in [3.63, 3.8) is 0 Å². The summed E-state index contributed by atoms with van der Waals surface area (Å²) in [5.41, 5.74) is 1.84. The third kappa shape index (κ3) is 1.58. The van der Waals surface area contributed by atoms with Gasteiger partial charge in [0.05, 0.1) is 13.2 Å². The van der Waals surface area contributed by atoms with Gasteiger partial charge >= 0.3 is 0 Å². The molecule has 0 saturated heterocycles. The van der Waals surface area contributed by atoms with Crippen LogP contribution < -0.4 is 0 Å². The first-order valence-electron chi connectivity index (χ1n) is 5.99. The van der Waals surface area contributed by atoms with Crippen LogP contribution in [0.4, 0.5) is 0 Å². The van der Waals surface area contributed by atoms with Gasteiger partial charge in [0.15, 0.2) is 0 Å². The van der Waals surface area contributed by atoms with Crippen LogP contribution in [0.3, 0.4) is 0 Å². The minimum Gasteiger partial charge on any atom is -0.392 e. The van der Waals surface area contributed by atoms with E-state index in [0.717, 1.165) is 32.7 Å². The zero-order valence-electron chi connectivity index (χ0n) is 9.93. The highest BCUT2D eigenvalue weighted by molar-refractivity contribution is 6.10. The second-order valence-corrected chi connectivity index (χ2v) is 4.41. The first-order valence-corrected chi connectivity index (χ1v) is 5.99. The Balaban J connectivity index is 2.52. The maximum atomic E-state index is 9.47. The summed E-state index contributed by atoms with van der Waals surface area (Å²) in [5, 5.41) is 23.2. The molecule has 2 nitrogen and oxygen atoms in total. The quantitative estimate of drug-likeness (QED) is 0.674. The molecule has 18 heavy (non-hydrogen) atoms. The summed E-state index contributed by atoms with van der Waals surface area (Å²) >= 11 is 0. The normalized spacial score (nSPS) is 11.2. The van der Waals surface area contributed by atoms with E-state index in [0.29, 0.717) is 0 Å². The van der Waals surface area contributed by atoms with Crippen molar-refractivity contribution in [1.82, 2.24) is 0 Å². The highest BCUT2D eigenvalue weighted by Gasteiger charge is 2.07. The van der Waals surface area contributed by atoms with E-state index in [9.17, 15) is 10.2 Å². The lowest BCUT2D eigenvalue weighted by atomic mass is 9.95. The number of aliphatic hydroxyl groups excluding tert-OH is 2. The van der Waals surface area contributed by atoms with Gasteiger partial charge in [0.1, 0.15) is 0 Å². The Labute approximate surface area is 105 Å². The van der Waals surface area contributed by atoms with Crippen molar-refractivity contribution in [3.05, 3.63) is 59.7 Å². The fourth-order valence-corrected chi connectivity index (χ4v) is 2.56. The first-order chi connectivity index (χ1) is 8.85. The first kappa shape index (κ1) is 11.2. The third-order valence-corrected chi connectivity index (χ3v) is 3.42. The van der Waals surface area contributed by atoms with Crippen LogP contribution in [0.25, 0.3) is 21.5 Å². The smallest absolute Gasteiger partial charge is 0.0688 e.